The molecule has 196 valence electrons. The Bertz CT molecular complexity index is 1430. The second-order valence-electron chi connectivity index (χ2n) is 8.15. The van der Waals surface area contributed by atoms with E-state index in [0.29, 0.717) is 15.7 Å². The molecule has 2 heterocycles. The number of aryl methyl sites for hydroxylation is 1. The standard InChI is InChI=1S/C26H21BrClN3O7/c1-14-3-5-16(6-4-14)29-22(32)13-37-23-18(27)9-15(10-19(23)28)11-20-24(33)31(26(35)30-20)12-17-7-8-21(38-17)25(34)36-2/h3-11H,12-13H2,1-2H3,(H,29,32)(H,30,35)/b20-11-. The van der Waals surface area contributed by atoms with Crippen molar-refractivity contribution in [3.8, 4) is 5.75 Å². The number of ether oxygens (including phenoxy) is 2. The predicted octanol–water partition coefficient (Wildman–Crippen LogP) is 4.90. The van der Waals surface area contributed by atoms with Gasteiger partial charge < -0.3 is 24.5 Å². The van der Waals surface area contributed by atoms with E-state index < -0.39 is 17.9 Å². The van der Waals surface area contributed by atoms with E-state index >= 15 is 0 Å². The number of hydrogen-bond donors (Lipinski definition) is 2. The molecule has 0 bridgehead atoms. The van der Waals surface area contributed by atoms with Crippen molar-refractivity contribution in [2.24, 2.45) is 0 Å². The Morgan fingerprint density at radius 3 is 2.58 bits per heavy atom. The number of esters is 1. The number of nitrogens with zero attached hydrogens (tertiary/aromatic N) is 1. The Morgan fingerprint density at radius 2 is 1.89 bits per heavy atom. The molecule has 0 atom stereocenters. The zero-order valence-electron chi connectivity index (χ0n) is 20.2. The van der Waals surface area contributed by atoms with Gasteiger partial charge in [-0.25, -0.2) is 9.59 Å². The molecular weight excluding hydrogens is 582 g/mol. The van der Waals surface area contributed by atoms with Gasteiger partial charge in [0.25, 0.3) is 11.8 Å². The molecule has 0 saturated carbocycles. The molecule has 2 N–H and O–H groups in total. The van der Waals surface area contributed by atoms with E-state index in [1.54, 1.807) is 18.2 Å². The average Bonchev–Trinajstić information content (AvgIpc) is 3.45. The summed E-state index contributed by atoms with van der Waals surface area (Å²) in [5, 5.41) is 5.43. The van der Waals surface area contributed by atoms with Crippen LogP contribution in [0.15, 0.2) is 63.1 Å². The fourth-order valence-corrected chi connectivity index (χ4v) is 4.47. The molecular formula is C26H21BrClN3O7. The monoisotopic (exact) mass is 601 g/mol. The predicted molar refractivity (Wildman–Crippen MR) is 142 cm³/mol. The first kappa shape index (κ1) is 27.0. The molecule has 38 heavy (non-hydrogen) atoms. The SMILES string of the molecule is COC(=O)c1ccc(CN2C(=O)N/C(=C\c3cc(Cl)c(OCC(=O)Nc4ccc(C)cc4)c(Br)c3)C2=O)o1. The van der Waals surface area contributed by atoms with Gasteiger partial charge in [0, 0.05) is 5.69 Å². The number of benzene rings is 2. The number of imide groups is 1. The minimum absolute atomic E-state index is 0.0175. The maximum Gasteiger partial charge on any atom is 0.373 e. The van der Waals surface area contributed by atoms with Crippen LogP contribution in [-0.2, 0) is 20.9 Å². The van der Waals surface area contributed by atoms with E-state index in [1.165, 1.54) is 31.4 Å². The van der Waals surface area contributed by atoms with Crippen molar-refractivity contribution in [1.29, 1.82) is 0 Å². The molecule has 1 saturated heterocycles. The van der Waals surface area contributed by atoms with Gasteiger partial charge in [-0.1, -0.05) is 29.3 Å². The maximum absolute atomic E-state index is 12.8. The fourth-order valence-electron chi connectivity index (χ4n) is 3.48. The highest BCUT2D eigenvalue weighted by Gasteiger charge is 2.34. The van der Waals surface area contributed by atoms with Crippen LogP contribution >= 0.6 is 27.5 Å². The topological polar surface area (TPSA) is 127 Å². The number of carbonyl (C=O) groups excluding carboxylic acids is 4. The quantitative estimate of drug-likeness (QED) is 0.213. The number of furan rings is 1. The van der Waals surface area contributed by atoms with Gasteiger partial charge in [-0.05, 0) is 70.9 Å². The molecule has 0 unspecified atom stereocenters. The number of rotatable bonds is 8. The van der Waals surface area contributed by atoms with Crippen LogP contribution in [0.1, 0.15) is 27.4 Å². The van der Waals surface area contributed by atoms with Crippen molar-refractivity contribution in [2.45, 2.75) is 13.5 Å². The van der Waals surface area contributed by atoms with Gasteiger partial charge >= 0.3 is 12.0 Å². The molecule has 10 nitrogen and oxygen atoms in total. The van der Waals surface area contributed by atoms with Gasteiger partial charge in [0.1, 0.15) is 11.5 Å². The lowest BCUT2D eigenvalue weighted by atomic mass is 10.2. The number of amides is 4. The Labute approximate surface area is 230 Å². The van der Waals surface area contributed by atoms with Gasteiger partial charge in [0.05, 0.1) is 23.1 Å². The molecule has 1 fully saturated rings. The van der Waals surface area contributed by atoms with Crippen LogP contribution in [-0.4, -0.2) is 42.4 Å². The summed E-state index contributed by atoms with van der Waals surface area (Å²) in [6, 6.07) is 12.7. The molecule has 1 aliphatic rings. The van der Waals surface area contributed by atoms with Crippen molar-refractivity contribution < 1.29 is 33.1 Å². The molecule has 2 aromatic carbocycles. The van der Waals surface area contributed by atoms with E-state index in [-0.39, 0.29) is 47.0 Å². The first-order valence-corrected chi connectivity index (χ1v) is 12.3. The molecule has 0 spiro atoms. The highest BCUT2D eigenvalue weighted by Crippen LogP contribution is 2.35. The zero-order valence-corrected chi connectivity index (χ0v) is 22.5. The lowest BCUT2D eigenvalue weighted by Gasteiger charge is -2.12. The van der Waals surface area contributed by atoms with E-state index in [2.05, 4.69) is 31.3 Å². The minimum atomic E-state index is -0.671. The molecule has 1 aliphatic heterocycles. The lowest BCUT2D eigenvalue weighted by molar-refractivity contribution is -0.123. The van der Waals surface area contributed by atoms with E-state index in [0.717, 1.165) is 10.5 Å². The summed E-state index contributed by atoms with van der Waals surface area (Å²) in [6.07, 6.45) is 1.45. The second kappa shape index (κ2) is 11.5. The first-order valence-electron chi connectivity index (χ1n) is 11.1. The molecule has 0 aliphatic carbocycles. The highest BCUT2D eigenvalue weighted by molar-refractivity contribution is 9.10. The molecule has 3 aromatic rings. The summed E-state index contributed by atoms with van der Waals surface area (Å²) in [7, 11) is 1.21. The summed E-state index contributed by atoms with van der Waals surface area (Å²) in [6.45, 7) is 1.49. The van der Waals surface area contributed by atoms with Crippen LogP contribution in [0.3, 0.4) is 0 Å². The molecule has 4 amide bonds. The maximum atomic E-state index is 12.8. The third-order valence-electron chi connectivity index (χ3n) is 5.34. The largest absolute Gasteiger partial charge is 0.481 e. The Balaban J connectivity index is 1.41. The van der Waals surface area contributed by atoms with Crippen LogP contribution in [0.5, 0.6) is 5.75 Å². The third-order valence-corrected chi connectivity index (χ3v) is 6.21. The van der Waals surface area contributed by atoms with E-state index in [9.17, 15) is 19.2 Å². The highest BCUT2D eigenvalue weighted by atomic mass is 79.9. The summed E-state index contributed by atoms with van der Waals surface area (Å²) >= 11 is 9.75. The number of methoxy groups -OCH3 is 1. The van der Waals surface area contributed by atoms with Crippen LogP contribution < -0.4 is 15.4 Å². The smallest absolute Gasteiger partial charge is 0.373 e. The van der Waals surface area contributed by atoms with Crippen molar-refractivity contribution in [3.63, 3.8) is 0 Å². The van der Waals surface area contributed by atoms with Gasteiger partial charge in [-0.2, -0.15) is 0 Å². The van der Waals surface area contributed by atoms with Gasteiger partial charge in [0.2, 0.25) is 5.76 Å². The van der Waals surface area contributed by atoms with E-state index in [1.807, 2.05) is 19.1 Å². The molecule has 1 aromatic heterocycles. The van der Waals surface area contributed by atoms with Gasteiger partial charge in [0.15, 0.2) is 12.4 Å². The Kier molecular flexibility index (Phi) is 8.18. The lowest BCUT2D eigenvalue weighted by Crippen LogP contribution is -2.30. The minimum Gasteiger partial charge on any atom is -0.481 e. The summed E-state index contributed by atoms with van der Waals surface area (Å²) < 4.78 is 16.0. The average molecular weight is 603 g/mol. The van der Waals surface area contributed by atoms with Crippen LogP contribution in [0.2, 0.25) is 5.02 Å². The van der Waals surface area contributed by atoms with Gasteiger partial charge in [-0.3, -0.25) is 14.5 Å². The fraction of sp³-hybridized carbons (Fsp3) is 0.154. The third kappa shape index (κ3) is 6.24. The first-order chi connectivity index (χ1) is 18.1. The van der Waals surface area contributed by atoms with Crippen molar-refractivity contribution >= 4 is 63.1 Å². The van der Waals surface area contributed by atoms with Crippen LogP contribution in [0.4, 0.5) is 10.5 Å². The Morgan fingerprint density at radius 1 is 1.16 bits per heavy atom. The second-order valence-corrected chi connectivity index (χ2v) is 9.42. The van der Waals surface area contributed by atoms with Crippen LogP contribution in [0, 0.1) is 6.92 Å². The molecule has 4 rings (SSSR count). The Hall–Kier alpha value is -4.09. The number of nitrogens with one attached hydrogen (secondary N) is 2. The summed E-state index contributed by atoms with van der Waals surface area (Å²) in [5.41, 5.74) is 2.23. The van der Waals surface area contributed by atoms with Gasteiger partial charge in [-0.15, -0.1) is 0 Å². The number of anilines is 1. The van der Waals surface area contributed by atoms with Crippen molar-refractivity contribution in [3.05, 3.63) is 86.4 Å². The van der Waals surface area contributed by atoms with Crippen molar-refractivity contribution in [1.82, 2.24) is 10.2 Å². The zero-order chi connectivity index (χ0) is 27.4. The number of carbonyl (C=O) groups is 4. The molecule has 12 heteroatoms. The van der Waals surface area contributed by atoms with E-state index in [4.69, 9.17) is 20.8 Å². The number of halogens is 2. The molecule has 0 radical (unpaired) electrons. The van der Waals surface area contributed by atoms with Crippen molar-refractivity contribution in [2.75, 3.05) is 19.0 Å². The number of hydrogen-bond acceptors (Lipinski definition) is 7. The summed E-state index contributed by atoms with van der Waals surface area (Å²) in [5.74, 6) is -1.19. The number of urea groups is 1. The normalized spacial score (nSPS) is 14.0. The summed E-state index contributed by atoms with van der Waals surface area (Å²) in [4.78, 5) is 50.0. The van der Waals surface area contributed by atoms with Crippen LogP contribution in [0.25, 0.3) is 6.08 Å².